The average molecular weight is 691 g/mol. The number of anilines is 1. The summed E-state index contributed by atoms with van der Waals surface area (Å²) in [6, 6.07) is 13.5. The van der Waals surface area contributed by atoms with Crippen LogP contribution in [0.15, 0.2) is 94.0 Å². The zero-order valence-electron chi connectivity index (χ0n) is 23.6. The Bertz CT molecular complexity index is 2130. The minimum absolute atomic E-state index is 0.103. The van der Waals surface area contributed by atoms with Gasteiger partial charge in [-0.15, -0.1) is 36.4 Å². The Morgan fingerprint density at radius 2 is 1.55 bits per heavy atom. The molecule has 1 N–H and O–H groups in total. The normalized spacial score (nSPS) is 25.2. The summed E-state index contributed by atoms with van der Waals surface area (Å²) in [6.45, 7) is -0.248. The second kappa shape index (κ2) is 10.3. The number of para-hydroxylation sites is 1. The predicted molar refractivity (Wildman–Crippen MR) is 160 cm³/mol. The van der Waals surface area contributed by atoms with Gasteiger partial charge in [-0.1, -0.05) is 24.3 Å². The molecule has 2 amide bonds. The number of hydrogen-bond acceptors (Lipinski definition) is 6. The quantitative estimate of drug-likeness (QED) is 0.143. The van der Waals surface area contributed by atoms with Gasteiger partial charge in [0.15, 0.2) is 9.75 Å². The van der Waals surface area contributed by atoms with Gasteiger partial charge in [0.25, 0.3) is 11.8 Å². The molecule has 2 fully saturated rings. The van der Waals surface area contributed by atoms with E-state index in [0.717, 1.165) is 56.4 Å². The Morgan fingerprint density at radius 3 is 2.21 bits per heavy atom. The number of imide groups is 1. The molecule has 0 spiro atoms. The van der Waals surface area contributed by atoms with Crippen molar-refractivity contribution in [3.63, 3.8) is 0 Å². The van der Waals surface area contributed by atoms with E-state index in [9.17, 15) is 41.8 Å². The molecule has 242 valence electrons. The van der Waals surface area contributed by atoms with Crippen molar-refractivity contribution in [1.82, 2.24) is 13.9 Å². The molecule has 3 aliphatic rings. The van der Waals surface area contributed by atoms with Gasteiger partial charge < -0.3 is 9.84 Å². The molecular formula is C31H20Cl2F4N4O6. The number of rotatable bonds is 4. The van der Waals surface area contributed by atoms with E-state index in [2.05, 4.69) is 4.74 Å². The van der Waals surface area contributed by atoms with Crippen LogP contribution in [0.3, 0.4) is 0 Å². The fourth-order valence-corrected chi connectivity index (χ4v) is 7.67. The number of aromatic hydroxyl groups is 1. The smallest absolute Gasteiger partial charge is 0.508 e. The zero-order valence-corrected chi connectivity index (χ0v) is 25.1. The number of benzene rings is 3. The summed E-state index contributed by atoms with van der Waals surface area (Å²) in [5.74, 6) is -5.88. The minimum Gasteiger partial charge on any atom is -0.508 e. The maximum Gasteiger partial charge on any atom is 0.573 e. The lowest BCUT2D eigenvalue weighted by Gasteiger charge is -2.49. The van der Waals surface area contributed by atoms with E-state index in [1.165, 1.54) is 18.2 Å². The number of amides is 2. The molecule has 47 heavy (non-hydrogen) atoms. The third-order valence-electron chi connectivity index (χ3n) is 8.72. The maximum atomic E-state index is 14.3. The molecular weight excluding hydrogens is 671 g/mol. The first-order valence-corrected chi connectivity index (χ1v) is 14.7. The number of alkyl halides is 5. The Kier molecular flexibility index (Phi) is 6.78. The van der Waals surface area contributed by atoms with Gasteiger partial charge in [-0.25, -0.2) is 32.8 Å². The highest BCUT2D eigenvalue weighted by Crippen LogP contribution is 2.64. The van der Waals surface area contributed by atoms with Crippen LogP contribution in [-0.4, -0.2) is 47.0 Å². The number of halogens is 6. The van der Waals surface area contributed by atoms with Crippen LogP contribution >= 0.6 is 23.2 Å². The molecule has 0 bridgehead atoms. The van der Waals surface area contributed by atoms with E-state index in [1.807, 2.05) is 0 Å². The molecule has 2 aliphatic heterocycles. The van der Waals surface area contributed by atoms with Crippen LogP contribution in [0, 0.1) is 5.82 Å². The number of hydrogen-bond donors (Lipinski definition) is 1. The van der Waals surface area contributed by atoms with Crippen molar-refractivity contribution in [3.05, 3.63) is 117 Å². The summed E-state index contributed by atoms with van der Waals surface area (Å²) in [5.41, 5.74) is -1.66. The second-order valence-corrected chi connectivity index (χ2v) is 12.5. The Labute approximate surface area is 271 Å². The van der Waals surface area contributed by atoms with Crippen molar-refractivity contribution >= 4 is 40.7 Å². The number of allylic oxidation sites excluding steroid dienone is 2. The fourth-order valence-electron chi connectivity index (χ4n) is 6.77. The summed E-state index contributed by atoms with van der Waals surface area (Å²) in [4.78, 5) is 51.8. The first-order valence-electron chi connectivity index (χ1n) is 14.0. The lowest BCUT2D eigenvalue weighted by atomic mass is 9.64. The molecule has 0 radical (unpaired) electrons. The van der Waals surface area contributed by atoms with Crippen LogP contribution in [0.5, 0.6) is 11.5 Å². The predicted octanol–water partition coefficient (Wildman–Crippen LogP) is 4.74. The van der Waals surface area contributed by atoms with Crippen LogP contribution in [0.25, 0.3) is 5.69 Å². The first-order chi connectivity index (χ1) is 22.2. The van der Waals surface area contributed by atoms with Crippen molar-refractivity contribution in [2.75, 3.05) is 4.90 Å². The van der Waals surface area contributed by atoms with Crippen molar-refractivity contribution in [3.8, 4) is 17.2 Å². The molecule has 16 heteroatoms. The van der Waals surface area contributed by atoms with Gasteiger partial charge >= 0.3 is 17.7 Å². The number of phenols is 1. The van der Waals surface area contributed by atoms with E-state index in [-0.39, 0.29) is 29.1 Å². The van der Waals surface area contributed by atoms with Crippen LogP contribution in [-0.2, 0) is 16.1 Å². The standard InChI is InChI=1S/C31H20Cl2F4N4O6/c32-29-15-22-20(12-13-38-27(45)40(28(46)41(22)38)17-4-2-1-3-5-17)24(21-14-19(10-11-23(21)42)47-31(35,36)37)30(29,33)26(44)39(25(29)43)18-8-6-16(34)7-9-18/h1-12,14,22,24,42H,13,15H2/t22-,24-,29-,30+/m1/s1. The van der Waals surface area contributed by atoms with Gasteiger partial charge in [-0.05, 0) is 60.2 Å². The van der Waals surface area contributed by atoms with E-state index in [1.54, 1.807) is 18.2 Å². The minimum atomic E-state index is -5.13. The number of carbonyl (C=O) groups is 2. The van der Waals surface area contributed by atoms with Crippen molar-refractivity contribution in [2.24, 2.45) is 0 Å². The molecule has 7 rings (SSSR count). The highest BCUT2D eigenvalue weighted by Gasteiger charge is 2.76. The van der Waals surface area contributed by atoms with Crippen molar-refractivity contribution in [1.29, 1.82) is 0 Å². The van der Waals surface area contributed by atoms with Gasteiger partial charge in [-0.3, -0.25) is 9.59 Å². The number of nitrogens with zero attached hydrogens (tertiary/aromatic N) is 4. The summed E-state index contributed by atoms with van der Waals surface area (Å²) in [7, 11) is 0. The third-order valence-corrected chi connectivity index (χ3v) is 10.1. The largest absolute Gasteiger partial charge is 0.573 e. The molecule has 1 aliphatic carbocycles. The summed E-state index contributed by atoms with van der Waals surface area (Å²) in [6.07, 6.45) is -4.20. The Morgan fingerprint density at radius 1 is 0.872 bits per heavy atom. The maximum absolute atomic E-state index is 14.3. The molecule has 3 aromatic carbocycles. The summed E-state index contributed by atoms with van der Waals surface area (Å²) >= 11 is 14.4. The number of fused-ring (bicyclic) bond motifs is 4. The number of ether oxygens (including phenoxy) is 1. The SMILES string of the molecule is O=C1N(c2ccc(F)cc2)C(=O)[C@@]2(Cl)[C@@H](c3cc(OC(F)(F)F)ccc3O)C3=CCn4c(=O)n(-c5ccccc5)c(=O)n4[C@@H]3C[C@@]12Cl. The highest BCUT2D eigenvalue weighted by molar-refractivity contribution is 6.58. The van der Waals surface area contributed by atoms with Crippen LogP contribution in [0.4, 0.5) is 23.2 Å². The van der Waals surface area contributed by atoms with Crippen LogP contribution in [0.1, 0.15) is 23.9 Å². The number of phenolic OH excluding ortho intramolecular Hbond substituents is 1. The van der Waals surface area contributed by atoms with Gasteiger partial charge in [0.2, 0.25) is 0 Å². The van der Waals surface area contributed by atoms with E-state index in [4.69, 9.17) is 23.2 Å². The first kappa shape index (κ1) is 30.8. The topological polar surface area (TPSA) is 116 Å². The summed E-state index contributed by atoms with van der Waals surface area (Å²) in [5, 5.41) is 11.1. The Balaban J connectivity index is 1.48. The Hall–Kier alpha value is -4.82. The molecule has 4 atom stereocenters. The molecule has 0 unspecified atom stereocenters. The number of aromatic nitrogens is 3. The monoisotopic (exact) mass is 690 g/mol. The van der Waals surface area contributed by atoms with Gasteiger partial charge in [0.05, 0.1) is 24.0 Å². The second-order valence-electron chi connectivity index (χ2n) is 11.2. The van der Waals surface area contributed by atoms with Crippen molar-refractivity contribution < 1.29 is 37.0 Å². The zero-order chi connectivity index (χ0) is 33.6. The van der Waals surface area contributed by atoms with Crippen LogP contribution < -0.4 is 21.0 Å². The lowest BCUT2D eigenvalue weighted by Crippen LogP contribution is -2.59. The fraction of sp³-hybridized carbons (Fsp3) is 0.226. The highest BCUT2D eigenvalue weighted by atomic mass is 35.5. The molecule has 1 saturated carbocycles. The van der Waals surface area contributed by atoms with Crippen molar-refractivity contribution in [2.45, 2.75) is 41.0 Å². The molecule has 1 saturated heterocycles. The molecule has 3 heterocycles. The number of carbonyl (C=O) groups excluding carboxylic acids is 2. The third kappa shape index (κ3) is 4.38. The van der Waals surface area contributed by atoms with Gasteiger partial charge in [-0.2, -0.15) is 0 Å². The van der Waals surface area contributed by atoms with E-state index >= 15 is 0 Å². The van der Waals surface area contributed by atoms with Gasteiger partial charge in [0, 0.05) is 17.9 Å². The summed E-state index contributed by atoms with van der Waals surface area (Å²) < 4.78 is 60.7. The molecule has 1 aromatic heterocycles. The molecule has 10 nitrogen and oxygen atoms in total. The molecule has 4 aromatic rings. The lowest BCUT2D eigenvalue weighted by molar-refractivity contribution is -0.274. The van der Waals surface area contributed by atoms with E-state index in [0.29, 0.717) is 4.90 Å². The van der Waals surface area contributed by atoms with E-state index < -0.39 is 75.0 Å². The average Bonchev–Trinajstić information content (AvgIpc) is 3.36. The van der Waals surface area contributed by atoms with Crippen LogP contribution in [0.2, 0.25) is 0 Å². The van der Waals surface area contributed by atoms with Gasteiger partial charge in [0.1, 0.15) is 17.3 Å².